The number of nitrogens with zero attached hydrogens (tertiary/aromatic N) is 3. The molecule has 8 nitrogen and oxygen atoms in total. The van der Waals surface area contributed by atoms with Crippen molar-refractivity contribution < 1.29 is 14.3 Å². The zero-order chi connectivity index (χ0) is 17.4. The maximum Gasteiger partial charge on any atom is 0.340 e. The first-order chi connectivity index (χ1) is 11.6. The van der Waals surface area contributed by atoms with Gasteiger partial charge in [-0.3, -0.25) is 4.79 Å². The van der Waals surface area contributed by atoms with E-state index in [0.29, 0.717) is 23.0 Å². The molecule has 0 unspecified atom stereocenters. The Morgan fingerprint density at radius 2 is 2.17 bits per heavy atom. The lowest BCUT2D eigenvalue weighted by molar-refractivity contribution is -0.113. The number of hydrogen-bond acceptors (Lipinski definition) is 7. The van der Waals surface area contributed by atoms with Crippen molar-refractivity contribution in [3.63, 3.8) is 0 Å². The largest absolute Gasteiger partial charge is 0.462 e. The molecule has 0 aliphatic heterocycles. The number of nitrogen functional groups attached to an aromatic ring is 1. The lowest BCUT2D eigenvalue weighted by atomic mass is 10.2. The fourth-order valence-corrected chi connectivity index (χ4v) is 2.44. The van der Waals surface area contributed by atoms with Crippen LogP contribution in [0.2, 0.25) is 0 Å². The predicted octanol–water partition coefficient (Wildman–Crippen LogP) is 1.68. The van der Waals surface area contributed by atoms with Gasteiger partial charge in [0.1, 0.15) is 6.33 Å². The molecule has 0 aliphatic rings. The number of esters is 1. The van der Waals surface area contributed by atoms with Crippen molar-refractivity contribution in [1.29, 1.82) is 0 Å². The van der Waals surface area contributed by atoms with E-state index in [1.165, 1.54) is 11.0 Å². The van der Waals surface area contributed by atoms with E-state index >= 15 is 0 Å². The number of aromatic nitrogens is 3. The third-order valence-electron chi connectivity index (χ3n) is 3.02. The third-order valence-corrected chi connectivity index (χ3v) is 3.98. The number of unbranched alkanes of at least 4 members (excludes halogenated alkanes) is 1. The molecule has 2 rings (SSSR count). The van der Waals surface area contributed by atoms with Crippen molar-refractivity contribution in [3.05, 3.63) is 36.2 Å². The number of para-hydroxylation sites is 1. The number of nitrogens with one attached hydrogen (secondary N) is 1. The Kier molecular flexibility index (Phi) is 6.62. The molecule has 0 saturated heterocycles. The lowest BCUT2D eigenvalue weighted by Crippen LogP contribution is -2.18. The number of benzene rings is 1. The van der Waals surface area contributed by atoms with E-state index < -0.39 is 5.97 Å². The molecule has 9 heteroatoms. The highest BCUT2D eigenvalue weighted by Crippen LogP contribution is 2.18. The van der Waals surface area contributed by atoms with E-state index in [4.69, 9.17) is 10.6 Å². The van der Waals surface area contributed by atoms with E-state index in [2.05, 4.69) is 15.5 Å². The molecular formula is C15H19N5O3S. The first kappa shape index (κ1) is 17.8. The summed E-state index contributed by atoms with van der Waals surface area (Å²) in [5.41, 5.74) is 0.743. The van der Waals surface area contributed by atoms with Gasteiger partial charge in [0, 0.05) is 0 Å². The third kappa shape index (κ3) is 4.98. The monoisotopic (exact) mass is 349 g/mol. The standard InChI is InChI=1S/C15H19N5O3S/c1-2-3-8-23-14(22)11-6-4-5-7-12(11)18-13(21)9-24-15-19-17-10-20(15)16/h4-7,10H,2-3,8-9,16H2,1H3,(H,18,21). The summed E-state index contributed by atoms with van der Waals surface area (Å²) in [4.78, 5) is 24.2. The van der Waals surface area contributed by atoms with Crippen LogP contribution in [0.3, 0.4) is 0 Å². The first-order valence-corrected chi connectivity index (χ1v) is 8.44. The molecule has 0 saturated carbocycles. The fraction of sp³-hybridized carbons (Fsp3) is 0.333. The summed E-state index contributed by atoms with van der Waals surface area (Å²) in [5.74, 6) is 4.94. The van der Waals surface area contributed by atoms with E-state index in [1.807, 2.05) is 6.92 Å². The summed E-state index contributed by atoms with van der Waals surface area (Å²) in [6.07, 6.45) is 3.09. The number of hydrogen-bond donors (Lipinski definition) is 2. The molecule has 0 radical (unpaired) electrons. The van der Waals surface area contributed by atoms with Crippen LogP contribution in [0.1, 0.15) is 30.1 Å². The van der Waals surface area contributed by atoms with Crippen LogP contribution < -0.4 is 11.2 Å². The lowest BCUT2D eigenvalue weighted by Gasteiger charge is -2.10. The van der Waals surface area contributed by atoms with Gasteiger partial charge < -0.3 is 15.9 Å². The van der Waals surface area contributed by atoms with Crippen LogP contribution in [0.25, 0.3) is 0 Å². The number of amides is 1. The molecule has 128 valence electrons. The van der Waals surface area contributed by atoms with Crippen molar-refractivity contribution in [3.8, 4) is 0 Å². The second-order valence-corrected chi connectivity index (χ2v) is 5.84. The van der Waals surface area contributed by atoms with Crippen LogP contribution >= 0.6 is 11.8 Å². The van der Waals surface area contributed by atoms with E-state index in [-0.39, 0.29) is 11.7 Å². The van der Waals surface area contributed by atoms with Gasteiger partial charge in [-0.15, -0.1) is 10.2 Å². The van der Waals surface area contributed by atoms with Crippen molar-refractivity contribution in [2.75, 3.05) is 23.5 Å². The SMILES string of the molecule is CCCCOC(=O)c1ccccc1NC(=O)CSc1nncn1N. The molecule has 3 N–H and O–H groups in total. The molecule has 1 aromatic carbocycles. The van der Waals surface area contributed by atoms with Gasteiger partial charge in [-0.05, 0) is 18.6 Å². The van der Waals surface area contributed by atoms with E-state index in [0.717, 1.165) is 24.6 Å². The molecule has 24 heavy (non-hydrogen) atoms. The molecule has 0 bridgehead atoms. The van der Waals surface area contributed by atoms with Gasteiger partial charge in [0.05, 0.1) is 23.6 Å². The molecule has 1 amide bonds. The number of thioether (sulfide) groups is 1. The highest BCUT2D eigenvalue weighted by Gasteiger charge is 2.15. The van der Waals surface area contributed by atoms with Crippen molar-refractivity contribution >= 4 is 29.3 Å². The van der Waals surface area contributed by atoms with Gasteiger partial charge in [-0.25, -0.2) is 9.47 Å². The molecule has 0 fully saturated rings. The second kappa shape index (κ2) is 8.92. The highest BCUT2D eigenvalue weighted by atomic mass is 32.2. The number of carbonyl (C=O) groups excluding carboxylic acids is 2. The molecule has 1 aromatic heterocycles. The Hall–Kier alpha value is -2.55. The van der Waals surface area contributed by atoms with Gasteiger partial charge in [-0.2, -0.15) is 0 Å². The van der Waals surface area contributed by atoms with Gasteiger partial charge >= 0.3 is 5.97 Å². The van der Waals surface area contributed by atoms with Crippen LogP contribution in [0.5, 0.6) is 0 Å². The number of nitrogens with two attached hydrogens (primary N) is 1. The normalized spacial score (nSPS) is 10.4. The van der Waals surface area contributed by atoms with Gasteiger partial charge in [0.15, 0.2) is 0 Å². The van der Waals surface area contributed by atoms with Crippen molar-refractivity contribution in [1.82, 2.24) is 14.9 Å². The zero-order valence-corrected chi connectivity index (χ0v) is 14.1. The number of ether oxygens (including phenoxy) is 1. The Balaban J connectivity index is 1.95. The smallest absolute Gasteiger partial charge is 0.340 e. The van der Waals surface area contributed by atoms with E-state index in [9.17, 15) is 9.59 Å². The fourth-order valence-electron chi connectivity index (χ4n) is 1.81. The average Bonchev–Trinajstić information content (AvgIpc) is 2.98. The Morgan fingerprint density at radius 1 is 1.38 bits per heavy atom. The molecule has 2 aromatic rings. The molecule has 0 atom stereocenters. The Morgan fingerprint density at radius 3 is 2.88 bits per heavy atom. The van der Waals surface area contributed by atoms with Gasteiger partial charge in [-0.1, -0.05) is 37.2 Å². The molecule has 1 heterocycles. The summed E-state index contributed by atoms with van der Waals surface area (Å²) in [6.45, 7) is 2.38. The number of carbonyl (C=O) groups is 2. The van der Waals surface area contributed by atoms with Crippen LogP contribution in [0, 0.1) is 0 Å². The van der Waals surface area contributed by atoms with Gasteiger partial charge in [0.2, 0.25) is 11.1 Å². The van der Waals surface area contributed by atoms with Crippen LogP contribution in [-0.2, 0) is 9.53 Å². The number of rotatable bonds is 8. The first-order valence-electron chi connectivity index (χ1n) is 7.45. The predicted molar refractivity (Wildman–Crippen MR) is 91.2 cm³/mol. The minimum absolute atomic E-state index is 0.0924. The topological polar surface area (TPSA) is 112 Å². The second-order valence-electron chi connectivity index (χ2n) is 4.89. The highest BCUT2D eigenvalue weighted by molar-refractivity contribution is 7.99. The van der Waals surface area contributed by atoms with Crippen LogP contribution in [-0.4, -0.2) is 39.1 Å². The Bertz CT molecular complexity index is 704. The minimum atomic E-state index is -0.450. The maximum atomic E-state index is 12.1. The van der Waals surface area contributed by atoms with Gasteiger partial charge in [0.25, 0.3) is 0 Å². The van der Waals surface area contributed by atoms with Crippen LogP contribution in [0.4, 0.5) is 5.69 Å². The quantitative estimate of drug-likeness (QED) is 0.323. The molecule has 0 aliphatic carbocycles. The molecule has 0 spiro atoms. The van der Waals surface area contributed by atoms with Crippen molar-refractivity contribution in [2.24, 2.45) is 0 Å². The molecular weight excluding hydrogens is 330 g/mol. The summed E-state index contributed by atoms with van der Waals surface area (Å²) >= 11 is 1.15. The Labute approximate surface area is 143 Å². The summed E-state index contributed by atoms with van der Waals surface area (Å²) in [5, 5.41) is 10.5. The summed E-state index contributed by atoms with van der Waals surface area (Å²) in [6, 6.07) is 6.73. The van der Waals surface area contributed by atoms with Crippen molar-refractivity contribution in [2.45, 2.75) is 24.9 Å². The maximum absolute atomic E-state index is 12.1. The number of anilines is 1. The average molecular weight is 349 g/mol. The summed E-state index contributed by atoms with van der Waals surface area (Å²) < 4.78 is 6.42. The minimum Gasteiger partial charge on any atom is -0.462 e. The van der Waals surface area contributed by atoms with Crippen LogP contribution in [0.15, 0.2) is 35.7 Å². The zero-order valence-electron chi connectivity index (χ0n) is 13.3. The summed E-state index contributed by atoms with van der Waals surface area (Å²) in [7, 11) is 0. The van der Waals surface area contributed by atoms with E-state index in [1.54, 1.807) is 24.3 Å².